The summed E-state index contributed by atoms with van der Waals surface area (Å²) < 4.78 is 0. The maximum absolute atomic E-state index is 11.5. The van der Waals surface area contributed by atoms with Crippen LogP contribution in [0.15, 0.2) is 30.3 Å². The van der Waals surface area contributed by atoms with Gasteiger partial charge in [0.05, 0.1) is 0 Å². The summed E-state index contributed by atoms with van der Waals surface area (Å²) in [4.78, 5) is 15.8. The molecule has 5 heteroatoms. The molecule has 0 aromatic heterocycles. The van der Waals surface area contributed by atoms with Gasteiger partial charge in [0.25, 0.3) is 0 Å². The molecule has 1 aliphatic rings. The minimum absolute atomic E-state index is 0.0588. The summed E-state index contributed by atoms with van der Waals surface area (Å²) in [5.74, 6) is 0. The van der Waals surface area contributed by atoms with Gasteiger partial charge in [0.1, 0.15) is 0 Å². The lowest BCUT2D eigenvalue weighted by Gasteiger charge is -2.25. The van der Waals surface area contributed by atoms with Crippen LogP contribution in [0.2, 0.25) is 0 Å². The van der Waals surface area contributed by atoms with Crippen LogP contribution in [-0.2, 0) is 6.54 Å². The molecule has 1 heterocycles. The fourth-order valence-electron chi connectivity index (χ4n) is 2.41. The van der Waals surface area contributed by atoms with E-state index in [2.05, 4.69) is 34.5 Å². The topological polar surface area (TPSA) is 61.6 Å². The number of carbonyl (C=O) groups excluding carboxylic acids is 1. The normalized spacial score (nSPS) is 14.9. The van der Waals surface area contributed by atoms with Crippen LogP contribution in [0.1, 0.15) is 12.0 Å². The van der Waals surface area contributed by atoms with E-state index in [-0.39, 0.29) is 6.03 Å². The Hall–Kier alpha value is -1.59. The molecule has 1 aromatic rings. The Morgan fingerprint density at radius 1 is 1.25 bits per heavy atom. The number of urea groups is 1. The van der Waals surface area contributed by atoms with E-state index in [1.165, 1.54) is 5.56 Å². The van der Waals surface area contributed by atoms with Crippen molar-refractivity contribution in [3.05, 3.63) is 35.9 Å². The molecule has 1 saturated heterocycles. The third-order valence-corrected chi connectivity index (χ3v) is 3.56. The van der Waals surface area contributed by atoms with Crippen LogP contribution < -0.4 is 11.1 Å². The SMILES string of the molecule is NCCCN(CCN1CCNC1=O)Cc1ccccc1. The largest absolute Gasteiger partial charge is 0.336 e. The maximum atomic E-state index is 11.5. The second-order valence-corrected chi connectivity index (χ2v) is 5.12. The molecule has 1 aromatic carbocycles. The average molecular weight is 276 g/mol. The number of rotatable bonds is 8. The summed E-state index contributed by atoms with van der Waals surface area (Å²) >= 11 is 0. The number of nitrogens with two attached hydrogens (primary N) is 1. The first kappa shape index (κ1) is 14.8. The van der Waals surface area contributed by atoms with Crippen LogP contribution in [-0.4, -0.2) is 55.1 Å². The third kappa shape index (κ3) is 4.51. The Kier molecular flexibility index (Phi) is 5.83. The first-order valence-electron chi connectivity index (χ1n) is 7.28. The molecule has 3 N–H and O–H groups in total. The van der Waals surface area contributed by atoms with E-state index >= 15 is 0 Å². The molecular formula is C15H24N4O. The number of carbonyl (C=O) groups is 1. The first-order valence-corrected chi connectivity index (χ1v) is 7.28. The van der Waals surface area contributed by atoms with E-state index in [0.29, 0.717) is 6.54 Å². The molecule has 2 rings (SSSR count). The fraction of sp³-hybridized carbons (Fsp3) is 0.533. The van der Waals surface area contributed by atoms with Gasteiger partial charge in [0.15, 0.2) is 0 Å². The molecule has 0 spiro atoms. The van der Waals surface area contributed by atoms with Crippen LogP contribution in [0.3, 0.4) is 0 Å². The van der Waals surface area contributed by atoms with Gasteiger partial charge in [0, 0.05) is 32.7 Å². The zero-order chi connectivity index (χ0) is 14.2. The summed E-state index contributed by atoms with van der Waals surface area (Å²) in [6.45, 7) is 5.84. The number of amides is 2. The van der Waals surface area contributed by atoms with Crippen LogP contribution in [0, 0.1) is 0 Å². The van der Waals surface area contributed by atoms with Crippen LogP contribution in [0.25, 0.3) is 0 Å². The standard InChI is InChI=1S/C15H24N4O/c16-7-4-9-18(13-14-5-2-1-3-6-14)11-12-19-10-8-17-15(19)20/h1-3,5-6H,4,7-13,16H2,(H,17,20). The van der Waals surface area contributed by atoms with Crippen molar-refractivity contribution >= 4 is 6.03 Å². The molecule has 1 aliphatic heterocycles. The minimum Gasteiger partial charge on any atom is -0.336 e. The van der Waals surface area contributed by atoms with Crippen LogP contribution >= 0.6 is 0 Å². The van der Waals surface area contributed by atoms with Gasteiger partial charge in [0.2, 0.25) is 0 Å². The van der Waals surface area contributed by atoms with Crippen LogP contribution in [0.5, 0.6) is 0 Å². The zero-order valence-electron chi connectivity index (χ0n) is 11.9. The first-order chi connectivity index (χ1) is 9.79. The Morgan fingerprint density at radius 2 is 2.05 bits per heavy atom. The monoisotopic (exact) mass is 276 g/mol. The van der Waals surface area contributed by atoms with Gasteiger partial charge >= 0.3 is 6.03 Å². The van der Waals surface area contributed by atoms with E-state index in [4.69, 9.17) is 5.73 Å². The van der Waals surface area contributed by atoms with Gasteiger partial charge in [-0.15, -0.1) is 0 Å². The van der Waals surface area contributed by atoms with Crippen molar-refractivity contribution in [2.24, 2.45) is 5.73 Å². The highest BCUT2D eigenvalue weighted by Crippen LogP contribution is 2.06. The summed E-state index contributed by atoms with van der Waals surface area (Å²) in [5.41, 5.74) is 6.91. The van der Waals surface area contributed by atoms with Crippen molar-refractivity contribution in [1.29, 1.82) is 0 Å². The van der Waals surface area contributed by atoms with E-state index in [9.17, 15) is 4.79 Å². The lowest BCUT2D eigenvalue weighted by molar-refractivity contribution is 0.198. The van der Waals surface area contributed by atoms with E-state index in [1.807, 2.05) is 11.0 Å². The highest BCUT2D eigenvalue weighted by atomic mass is 16.2. The van der Waals surface area contributed by atoms with E-state index in [0.717, 1.165) is 45.7 Å². The predicted octanol–water partition coefficient (Wildman–Crippen LogP) is 0.863. The second kappa shape index (κ2) is 7.87. The second-order valence-electron chi connectivity index (χ2n) is 5.12. The summed E-state index contributed by atoms with van der Waals surface area (Å²) in [6.07, 6.45) is 0.985. The Labute approximate surface area is 120 Å². The van der Waals surface area contributed by atoms with Crippen molar-refractivity contribution < 1.29 is 4.79 Å². The smallest absolute Gasteiger partial charge is 0.317 e. The van der Waals surface area contributed by atoms with Gasteiger partial charge in [-0.3, -0.25) is 4.90 Å². The average Bonchev–Trinajstić information content (AvgIpc) is 2.88. The molecular weight excluding hydrogens is 252 g/mol. The lowest BCUT2D eigenvalue weighted by Crippen LogP contribution is -2.37. The molecule has 0 saturated carbocycles. The predicted molar refractivity (Wildman–Crippen MR) is 80.4 cm³/mol. The Morgan fingerprint density at radius 3 is 2.70 bits per heavy atom. The van der Waals surface area contributed by atoms with Crippen molar-refractivity contribution in [1.82, 2.24) is 15.1 Å². The molecule has 5 nitrogen and oxygen atoms in total. The number of hydrogen-bond acceptors (Lipinski definition) is 3. The summed E-state index contributed by atoms with van der Waals surface area (Å²) in [7, 11) is 0. The van der Waals surface area contributed by atoms with E-state index in [1.54, 1.807) is 0 Å². The van der Waals surface area contributed by atoms with Crippen LogP contribution in [0.4, 0.5) is 4.79 Å². The zero-order valence-corrected chi connectivity index (χ0v) is 11.9. The Balaban J connectivity index is 1.84. The molecule has 0 atom stereocenters. The van der Waals surface area contributed by atoms with E-state index < -0.39 is 0 Å². The highest BCUT2D eigenvalue weighted by Gasteiger charge is 2.19. The molecule has 0 unspecified atom stereocenters. The third-order valence-electron chi connectivity index (χ3n) is 3.56. The molecule has 1 fully saturated rings. The number of benzene rings is 1. The molecule has 0 aliphatic carbocycles. The van der Waals surface area contributed by atoms with Gasteiger partial charge in [-0.1, -0.05) is 30.3 Å². The number of nitrogens with zero attached hydrogens (tertiary/aromatic N) is 2. The molecule has 0 radical (unpaired) electrons. The Bertz CT molecular complexity index is 410. The highest BCUT2D eigenvalue weighted by molar-refractivity contribution is 5.76. The van der Waals surface area contributed by atoms with Gasteiger partial charge < -0.3 is 16.0 Å². The fourth-order valence-corrected chi connectivity index (χ4v) is 2.41. The van der Waals surface area contributed by atoms with Crippen molar-refractivity contribution in [2.45, 2.75) is 13.0 Å². The van der Waals surface area contributed by atoms with Crippen molar-refractivity contribution in [2.75, 3.05) is 39.3 Å². The van der Waals surface area contributed by atoms with Crippen molar-refractivity contribution in [3.8, 4) is 0 Å². The maximum Gasteiger partial charge on any atom is 0.317 e. The molecule has 110 valence electrons. The molecule has 20 heavy (non-hydrogen) atoms. The number of nitrogens with one attached hydrogen (secondary N) is 1. The van der Waals surface area contributed by atoms with Gasteiger partial charge in [-0.2, -0.15) is 0 Å². The number of hydrogen-bond donors (Lipinski definition) is 2. The molecule has 2 amide bonds. The minimum atomic E-state index is 0.0588. The quantitative estimate of drug-likeness (QED) is 0.740. The summed E-state index contributed by atoms with van der Waals surface area (Å²) in [6, 6.07) is 10.5. The molecule has 0 bridgehead atoms. The summed E-state index contributed by atoms with van der Waals surface area (Å²) in [5, 5.41) is 2.83. The van der Waals surface area contributed by atoms with Crippen molar-refractivity contribution in [3.63, 3.8) is 0 Å². The lowest BCUT2D eigenvalue weighted by atomic mass is 10.2. The van der Waals surface area contributed by atoms with Gasteiger partial charge in [-0.05, 0) is 25.1 Å². The van der Waals surface area contributed by atoms with Gasteiger partial charge in [-0.25, -0.2) is 4.79 Å².